The molecule has 3 rings (SSSR count). The molecule has 0 radical (unpaired) electrons. The Morgan fingerprint density at radius 2 is 0.789 bits per heavy atom. The van der Waals surface area contributed by atoms with Crippen LogP contribution in [0.2, 0.25) is 0 Å². The van der Waals surface area contributed by atoms with E-state index in [0.717, 1.165) is 12.8 Å². The molecule has 0 aliphatic carbocycles. The van der Waals surface area contributed by atoms with Gasteiger partial charge < -0.3 is 106 Å². The number of ketones is 1. The third-order valence-electron chi connectivity index (χ3n) is 16.9. The lowest BCUT2D eigenvalue weighted by Crippen LogP contribution is -2.55. The largest absolute Gasteiger partial charge is 0.394 e. The Hall–Kier alpha value is -3.62. The number of Topliss-reactive ketones (excluding diaryl/α,β-unsaturated/α-hetero) is 1. The predicted octanol–water partition coefficient (Wildman–Crippen LogP) is 0.651. The van der Waals surface area contributed by atoms with Gasteiger partial charge in [0.1, 0.15) is 36.6 Å². The molecule has 14 N–H and O–H groups in total. The quantitative estimate of drug-likeness (QED) is 0.0372. The first kappa shape index (κ1) is 80.6. The maximum atomic E-state index is 14.4. The molecule has 0 aromatic rings. The van der Waals surface area contributed by atoms with Crippen LogP contribution in [0.25, 0.3) is 0 Å². The van der Waals surface area contributed by atoms with Crippen LogP contribution >= 0.6 is 0 Å². The monoisotopic (exact) mass is 1290 g/mol. The lowest BCUT2D eigenvalue weighted by molar-refractivity contribution is -0.282. The molecule has 8 unspecified atom stereocenters. The Balaban J connectivity index is 1.57. The molecular weight excluding hydrogens is 1180 g/mol. The lowest BCUT2D eigenvalue weighted by atomic mass is 9.91. The van der Waals surface area contributed by atoms with Gasteiger partial charge in [-0.15, -0.1) is 0 Å². The zero-order valence-corrected chi connectivity index (χ0v) is 54.3. The van der Waals surface area contributed by atoms with Gasteiger partial charge in [0.2, 0.25) is 29.5 Å². The molecule has 524 valence electrons. The van der Waals surface area contributed by atoms with Gasteiger partial charge in [0.15, 0.2) is 24.7 Å². The predicted molar refractivity (Wildman–Crippen MR) is 328 cm³/mol. The minimum atomic E-state index is -1.27. The highest BCUT2D eigenvalue weighted by molar-refractivity contribution is 5.92. The third-order valence-corrected chi connectivity index (χ3v) is 16.9. The smallest absolute Gasteiger partial charge is 0.223 e. The normalized spacial score (nSPS) is 27.6. The van der Waals surface area contributed by atoms with Gasteiger partial charge in [-0.25, -0.2) is 0 Å². The van der Waals surface area contributed by atoms with E-state index in [-0.39, 0.29) is 81.3 Å². The summed E-state index contributed by atoms with van der Waals surface area (Å²) in [5.74, 6) is -3.36. The van der Waals surface area contributed by atoms with Gasteiger partial charge in [0, 0.05) is 115 Å². The maximum absolute atomic E-state index is 14.4. The number of amides is 5. The van der Waals surface area contributed by atoms with Crippen LogP contribution in [0.5, 0.6) is 0 Å². The Bertz CT molecular complexity index is 1990. The van der Waals surface area contributed by atoms with Crippen LogP contribution in [0, 0.1) is 29.6 Å². The summed E-state index contributed by atoms with van der Waals surface area (Å²) in [6.07, 6.45) is -3.26. The molecule has 5 amide bonds. The highest BCUT2D eigenvalue weighted by Gasteiger charge is 2.45. The summed E-state index contributed by atoms with van der Waals surface area (Å²) in [5.41, 5.74) is 0. The van der Waals surface area contributed by atoms with Gasteiger partial charge in [-0.2, -0.15) is 0 Å². The molecule has 3 aliphatic rings. The van der Waals surface area contributed by atoms with Crippen LogP contribution in [-0.4, -0.2) is 240 Å². The molecule has 3 aliphatic heterocycles. The first-order valence-corrected chi connectivity index (χ1v) is 33.3. The Morgan fingerprint density at radius 3 is 1.21 bits per heavy atom. The summed E-state index contributed by atoms with van der Waals surface area (Å²) in [6.45, 7) is 11.1. The average molecular weight is 1290 g/mol. The summed E-state index contributed by atoms with van der Waals surface area (Å²) in [7, 11) is 0. The topological polar surface area (TPSA) is 409 Å². The van der Waals surface area contributed by atoms with E-state index in [4.69, 9.17) is 33.2 Å². The number of nitrogens with one attached hydrogen (secondary N) is 5. The number of aliphatic hydroxyl groups excluding tert-OH is 9. The molecule has 17 atom stereocenters. The van der Waals surface area contributed by atoms with Crippen molar-refractivity contribution >= 4 is 35.3 Å². The van der Waals surface area contributed by atoms with E-state index in [1.54, 1.807) is 20.8 Å². The molecule has 0 aromatic heterocycles. The lowest BCUT2D eigenvalue weighted by Gasteiger charge is -2.40. The number of hydrogen-bond donors (Lipinski definition) is 14. The maximum Gasteiger partial charge on any atom is 0.223 e. The van der Waals surface area contributed by atoms with Crippen molar-refractivity contribution in [1.29, 1.82) is 0 Å². The third kappa shape index (κ3) is 31.1. The number of aliphatic hydroxyl groups is 9. The summed E-state index contributed by atoms with van der Waals surface area (Å²) in [6, 6.07) is -0.962. The van der Waals surface area contributed by atoms with E-state index < -0.39 is 129 Å². The summed E-state index contributed by atoms with van der Waals surface area (Å²) >= 11 is 0. The SMILES string of the molecule is CC(C)CCOCCCNC(=O)CCCCCNC(=O)C(CCCCNC(=O)CCCCO[C@@H]1OC(CO)[C@H](O)[C@H](O)C1C)CC(=O)C(CCCCNC(=O)CCCCO[C@@H]1OC(CO)[C@H](O)[C@H](O)C1C)NC(=O)CCCCO[C@@H]1OC(CO)[C@H](O)[C@H](O)C1C. The van der Waals surface area contributed by atoms with Crippen LogP contribution in [0.3, 0.4) is 0 Å². The zero-order valence-electron chi connectivity index (χ0n) is 54.3. The van der Waals surface area contributed by atoms with E-state index in [9.17, 15) is 74.7 Å². The van der Waals surface area contributed by atoms with Crippen LogP contribution < -0.4 is 26.6 Å². The van der Waals surface area contributed by atoms with E-state index >= 15 is 0 Å². The van der Waals surface area contributed by atoms with Gasteiger partial charge in [-0.05, 0) is 102 Å². The van der Waals surface area contributed by atoms with Crippen molar-refractivity contribution in [3.05, 3.63) is 0 Å². The molecule has 3 heterocycles. The number of unbranched alkanes of at least 4 members (excludes halogenated alkanes) is 7. The molecule has 0 spiro atoms. The molecule has 0 saturated carbocycles. The average Bonchev–Trinajstić information content (AvgIpc) is 3.60. The summed E-state index contributed by atoms with van der Waals surface area (Å²) in [5, 5.41) is 105. The molecule has 3 saturated heterocycles. The number of ether oxygens (including phenoxy) is 7. The summed E-state index contributed by atoms with van der Waals surface area (Å²) in [4.78, 5) is 79.9. The fraction of sp³-hybridized carbons (Fsp3) is 0.905. The van der Waals surface area contributed by atoms with Crippen molar-refractivity contribution in [2.75, 3.05) is 79.0 Å². The van der Waals surface area contributed by atoms with Gasteiger partial charge in [-0.3, -0.25) is 28.8 Å². The molecule has 27 nitrogen and oxygen atoms in total. The number of carbonyl (C=O) groups is 6. The minimum Gasteiger partial charge on any atom is -0.394 e. The van der Waals surface area contributed by atoms with Crippen molar-refractivity contribution in [3.63, 3.8) is 0 Å². The minimum absolute atomic E-state index is 0.0345. The van der Waals surface area contributed by atoms with E-state index in [0.29, 0.717) is 142 Å². The Labute approximate surface area is 532 Å². The second-order valence-corrected chi connectivity index (χ2v) is 25.0. The van der Waals surface area contributed by atoms with Gasteiger partial charge >= 0.3 is 0 Å². The standard InChI is InChI=1S/C63H115N5O22/c1-40(2)26-35-84-31-19-30-66-50(73)22-7-6-13-29-67-60(83)44(20-8-14-27-64-51(74)23-10-16-32-85-61-41(3)54(77)57(80)47(37-69)88-61)36-46(72)45(68-53(76)25-12-18-34-87-63-43(5)56(79)59(82)49(39-71)90-63)21-9-15-28-65-52(75)24-11-17-33-86-62-42(4)55(78)58(81)48(38-70)89-62/h40-45,47-49,54-59,61-63,69-71,77-82H,6-39H2,1-5H3,(H,64,74)(H,65,75)(H,66,73)(H,67,83)(H,68,76)/t41?,42?,43?,44?,45?,47?,48?,49?,54-,55-,56-,57+,58+,59+,61-,62-,63-/m1/s1. The van der Waals surface area contributed by atoms with Crippen LogP contribution in [0.1, 0.15) is 176 Å². The van der Waals surface area contributed by atoms with Crippen molar-refractivity contribution < 1.29 is 108 Å². The zero-order chi connectivity index (χ0) is 66.4. The summed E-state index contributed by atoms with van der Waals surface area (Å²) < 4.78 is 39.8. The van der Waals surface area contributed by atoms with Crippen LogP contribution in [-0.2, 0) is 61.9 Å². The second-order valence-electron chi connectivity index (χ2n) is 25.0. The fourth-order valence-electron chi connectivity index (χ4n) is 10.8. The van der Waals surface area contributed by atoms with Crippen molar-refractivity contribution in [1.82, 2.24) is 26.6 Å². The number of carbonyl (C=O) groups excluding carboxylic acids is 6. The van der Waals surface area contributed by atoms with E-state index in [1.807, 2.05) is 0 Å². The van der Waals surface area contributed by atoms with E-state index in [2.05, 4.69) is 40.4 Å². The van der Waals surface area contributed by atoms with Crippen molar-refractivity contribution in [3.8, 4) is 0 Å². The molecule has 90 heavy (non-hydrogen) atoms. The first-order valence-electron chi connectivity index (χ1n) is 33.3. The molecule has 27 heteroatoms. The number of hydrogen-bond acceptors (Lipinski definition) is 22. The fourth-order valence-corrected chi connectivity index (χ4v) is 10.8. The Morgan fingerprint density at radius 1 is 0.411 bits per heavy atom. The second kappa shape index (κ2) is 46.5. The van der Waals surface area contributed by atoms with Gasteiger partial charge in [-0.1, -0.05) is 47.5 Å². The molecule has 3 fully saturated rings. The highest BCUT2D eigenvalue weighted by atomic mass is 16.7. The van der Waals surface area contributed by atoms with Gasteiger partial charge in [0.05, 0.1) is 44.2 Å². The van der Waals surface area contributed by atoms with E-state index in [1.165, 1.54) is 0 Å². The van der Waals surface area contributed by atoms with Crippen molar-refractivity contribution in [2.24, 2.45) is 29.6 Å². The van der Waals surface area contributed by atoms with Crippen LogP contribution in [0.15, 0.2) is 0 Å². The van der Waals surface area contributed by atoms with Crippen LogP contribution in [0.4, 0.5) is 0 Å². The van der Waals surface area contributed by atoms with Gasteiger partial charge in [0.25, 0.3) is 0 Å². The molecular formula is C63H115N5O22. The molecule has 0 bridgehead atoms. The van der Waals surface area contributed by atoms with Crippen molar-refractivity contribution in [2.45, 2.75) is 256 Å². The first-order chi connectivity index (χ1) is 43.1. The molecule has 0 aromatic carbocycles. The Kier molecular flexibility index (Phi) is 41.6. The number of rotatable bonds is 49. The highest BCUT2D eigenvalue weighted by Crippen LogP contribution is 2.30.